The number of nitrogens with one attached hydrogen (secondary N) is 1. The van der Waals surface area contributed by atoms with Crippen molar-refractivity contribution in [2.45, 2.75) is 13.8 Å². The van der Waals surface area contributed by atoms with Crippen molar-refractivity contribution in [2.24, 2.45) is 5.92 Å². The Morgan fingerprint density at radius 2 is 2.22 bits per heavy atom. The number of carbonyl (C=O) groups excluding carboxylic acids is 1. The fourth-order valence-electron chi connectivity index (χ4n) is 1.85. The highest BCUT2D eigenvalue weighted by molar-refractivity contribution is 6.01. The first kappa shape index (κ1) is 16.5. The van der Waals surface area contributed by atoms with Gasteiger partial charge in [-0.25, -0.2) is 0 Å². The topological polar surface area (TPSA) is 77.2 Å². The number of aromatic nitrogens is 1. The van der Waals surface area contributed by atoms with Gasteiger partial charge in [-0.3, -0.25) is 9.78 Å². The summed E-state index contributed by atoms with van der Waals surface area (Å²) < 4.78 is 5.62. The van der Waals surface area contributed by atoms with Gasteiger partial charge in [0.25, 0.3) is 0 Å². The number of hydrogen-bond acceptors (Lipinski definition) is 4. The van der Waals surface area contributed by atoms with Gasteiger partial charge >= 0.3 is 0 Å². The molecule has 0 saturated heterocycles. The van der Waals surface area contributed by atoms with Crippen LogP contribution in [-0.2, 0) is 4.79 Å². The lowest BCUT2D eigenvalue weighted by molar-refractivity contribution is -0.111. The molecule has 0 fully saturated rings. The summed E-state index contributed by atoms with van der Waals surface area (Å²) in [7, 11) is 0. The number of nitrogens with zero attached hydrogens (tertiary/aromatic N) is 1. The lowest BCUT2D eigenvalue weighted by atomic mass is 10.1. The van der Waals surface area contributed by atoms with E-state index in [-0.39, 0.29) is 5.91 Å². The van der Waals surface area contributed by atoms with E-state index in [1.807, 2.05) is 12.1 Å². The Bertz CT molecular complexity index is 682. The van der Waals surface area contributed by atoms with Gasteiger partial charge in [-0.2, -0.15) is 0 Å². The van der Waals surface area contributed by atoms with Gasteiger partial charge in [-0.05, 0) is 41.8 Å². The molecule has 23 heavy (non-hydrogen) atoms. The predicted molar refractivity (Wildman–Crippen MR) is 93.1 cm³/mol. The molecule has 0 aliphatic heterocycles. The van der Waals surface area contributed by atoms with Crippen LogP contribution < -0.4 is 15.8 Å². The molecule has 2 aromatic rings. The zero-order chi connectivity index (χ0) is 16.7. The molecule has 0 atom stereocenters. The van der Waals surface area contributed by atoms with E-state index in [0.717, 1.165) is 5.56 Å². The molecule has 5 heteroatoms. The lowest BCUT2D eigenvalue weighted by Gasteiger charge is -2.11. The SMILES string of the molecule is CC(C)COc1ccc(/C=C\C(=O)Nc2cccnc2)cc1N. The third kappa shape index (κ3) is 5.47. The smallest absolute Gasteiger partial charge is 0.248 e. The molecule has 0 bridgehead atoms. The van der Waals surface area contributed by atoms with Crippen molar-refractivity contribution in [1.82, 2.24) is 4.98 Å². The third-order valence-electron chi connectivity index (χ3n) is 2.96. The standard InChI is InChI=1S/C18H21N3O2/c1-13(2)12-23-17-7-5-14(10-16(17)19)6-8-18(22)21-15-4-3-9-20-11-15/h3-11,13H,12,19H2,1-2H3,(H,21,22)/b8-6-. The van der Waals surface area contributed by atoms with E-state index in [9.17, 15) is 4.79 Å². The van der Waals surface area contributed by atoms with Crippen LogP contribution in [0.15, 0.2) is 48.8 Å². The van der Waals surface area contributed by atoms with Crippen LogP contribution in [0.3, 0.4) is 0 Å². The largest absolute Gasteiger partial charge is 0.491 e. The monoisotopic (exact) mass is 311 g/mol. The van der Waals surface area contributed by atoms with E-state index >= 15 is 0 Å². The quantitative estimate of drug-likeness (QED) is 0.633. The molecule has 0 unspecified atom stereocenters. The van der Waals surface area contributed by atoms with Gasteiger partial charge < -0.3 is 15.8 Å². The number of carbonyl (C=O) groups is 1. The zero-order valence-corrected chi connectivity index (χ0v) is 13.3. The van der Waals surface area contributed by atoms with Crippen molar-refractivity contribution in [3.8, 4) is 5.75 Å². The van der Waals surface area contributed by atoms with E-state index in [0.29, 0.717) is 29.6 Å². The molecule has 1 aromatic heterocycles. The van der Waals surface area contributed by atoms with E-state index in [4.69, 9.17) is 10.5 Å². The molecule has 0 saturated carbocycles. The fourth-order valence-corrected chi connectivity index (χ4v) is 1.85. The van der Waals surface area contributed by atoms with Crippen molar-refractivity contribution >= 4 is 23.4 Å². The fraction of sp³-hybridized carbons (Fsp3) is 0.222. The Kier molecular flexibility index (Phi) is 5.74. The molecule has 1 amide bonds. The predicted octanol–water partition coefficient (Wildman–Crippen LogP) is 3.35. The van der Waals surface area contributed by atoms with Gasteiger partial charge in [-0.15, -0.1) is 0 Å². The van der Waals surface area contributed by atoms with E-state index in [1.165, 1.54) is 6.08 Å². The van der Waals surface area contributed by atoms with Crippen LogP contribution >= 0.6 is 0 Å². The van der Waals surface area contributed by atoms with Crippen LogP contribution in [0.2, 0.25) is 0 Å². The Morgan fingerprint density at radius 1 is 1.39 bits per heavy atom. The number of ether oxygens (including phenoxy) is 1. The molecule has 5 nitrogen and oxygen atoms in total. The lowest BCUT2D eigenvalue weighted by Crippen LogP contribution is -2.07. The summed E-state index contributed by atoms with van der Waals surface area (Å²) in [6, 6.07) is 8.99. The van der Waals surface area contributed by atoms with Crippen molar-refractivity contribution in [1.29, 1.82) is 0 Å². The maximum Gasteiger partial charge on any atom is 0.248 e. The van der Waals surface area contributed by atoms with Crippen molar-refractivity contribution in [3.63, 3.8) is 0 Å². The van der Waals surface area contributed by atoms with Crippen LogP contribution in [0.5, 0.6) is 5.75 Å². The summed E-state index contributed by atoms with van der Waals surface area (Å²) in [5, 5.41) is 2.73. The molecule has 0 radical (unpaired) electrons. The highest BCUT2D eigenvalue weighted by atomic mass is 16.5. The van der Waals surface area contributed by atoms with E-state index < -0.39 is 0 Å². The van der Waals surface area contributed by atoms with Crippen molar-refractivity contribution in [3.05, 3.63) is 54.4 Å². The average Bonchev–Trinajstić information content (AvgIpc) is 2.53. The zero-order valence-electron chi connectivity index (χ0n) is 13.3. The third-order valence-corrected chi connectivity index (χ3v) is 2.96. The number of nitrogens with two attached hydrogens (primary N) is 1. The van der Waals surface area contributed by atoms with Gasteiger partial charge in [0.1, 0.15) is 5.75 Å². The summed E-state index contributed by atoms with van der Waals surface area (Å²) in [5.74, 6) is 0.873. The molecule has 1 aromatic carbocycles. The first-order valence-electron chi connectivity index (χ1n) is 7.46. The molecule has 1 heterocycles. The second-order valence-electron chi connectivity index (χ2n) is 5.57. The molecule has 2 rings (SSSR count). The number of anilines is 2. The number of hydrogen-bond donors (Lipinski definition) is 2. The highest BCUT2D eigenvalue weighted by Gasteiger charge is 2.03. The van der Waals surface area contributed by atoms with Crippen LogP contribution in [0.25, 0.3) is 6.08 Å². The summed E-state index contributed by atoms with van der Waals surface area (Å²) >= 11 is 0. The Balaban J connectivity index is 1.97. The summed E-state index contributed by atoms with van der Waals surface area (Å²) in [6.45, 7) is 4.77. The molecule has 120 valence electrons. The minimum absolute atomic E-state index is 0.225. The summed E-state index contributed by atoms with van der Waals surface area (Å²) in [5.41, 5.74) is 8.01. The Morgan fingerprint density at radius 3 is 2.87 bits per heavy atom. The van der Waals surface area contributed by atoms with Crippen LogP contribution in [-0.4, -0.2) is 17.5 Å². The van der Waals surface area contributed by atoms with Gasteiger partial charge in [0, 0.05) is 12.3 Å². The second kappa shape index (κ2) is 7.98. The summed E-state index contributed by atoms with van der Waals surface area (Å²) in [4.78, 5) is 15.8. The molecular formula is C18H21N3O2. The van der Waals surface area contributed by atoms with Gasteiger partial charge in [0.15, 0.2) is 0 Å². The van der Waals surface area contributed by atoms with Gasteiger partial charge in [0.05, 0.1) is 24.2 Å². The van der Waals surface area contributed by atoms with E-state index in [1.54, 1.807) is 36.7 Å². The molecule has 0 aliphatic carbocycles. The molecule has 3 N–H and O–H groups in total. The van der Waals surface area contributed by atoms with Gasteiger partial charge in [0.2, 0.25) is 5.91 Å². The molecule has 0 spiro atoms. The number of pyridine rings is 1. The molecule has 0 aliphatic rings. The second-order valence-corrected chi connectivity index (χ2v) is 5.57. The minimum Gasteiger partial charge on any atom is -0.491 e. The number of amides is 1. The van der Waals surface area contributed by atoms with Crippen molar-refractivity contribution < 1.29 is 9.53 Å². The minimum atomic E-state index is -0.225. The van der Waals surface area contributed by atoms with E-state index in [2.05, 4.69) is 24.1 Å². The first-order valence-corrected chi connectivity index (χ1v) is 7.46. The van der Waals surface area contributed by atoms with Crippen LogP contribution in [0.4, 0.5) is 11.4 Å². The maximum atomic E-state index is 11.8. The maximum absolute atomic E-state index is 11.8. The average molecular weight is 311 g/mol. The van der Waals surface area contributed by atoms with Crippen molar-refractivity contribution in [2.75, 3.05) is 17.7 Å². The van der Waals surface area contributed by atoms with Gasteiger partial charge in [-0.1, -0.05) is 19.9 Å². The number of nitrogen functional groups attached to an aromatic ring is 1. The Hall–Kier alpha value is -2.82. The highest BCUT2D eigenvalue weighted by Crippen LogP contribution is 2.23. The Labute approximate surface area is 136 Å². The number of benzene rings is 1. The summed E-state index contributed by atoms with van der Waals surface area (Å²) in [6.07, 6.45) is 6.40. The van der Waals surface area contributed by atoms with Crippen LogP contribution in [0, 0.1) is 5.92 Å². The first-order chi connectivity index (χ1) is 11.0. The number of rotatable bonds is 6. The van der Waals surface area contributed by atoms with Crippen LogP contribution in [0.1, 0.15) is 19.4 Å². The normalized spacial score (nSPS) is 10.9. The molecular weight excluding hydrogens is 290 g/mol.